The van der Waals surface area contributed by atoms with Crippen molar-refractivity contribution in [2.45, 2.75) is 203 Å². The highest BCUT2D eigenvalue weighted by Gasteiger charge is 2.26. The van der Waals surface area contributed by atoms with Crippen LogP contribution in [0, 0.1) is 34.5 Å². The van der Waals surface area contributed by atoms with Crippen molar-refractivity contribution in [2.24, 2.45) is 11.8 Å². The Balaban J connectivity index is 0.000000284. The third-order valence-corrected chi connectivity index (χ3v) is 22.0. The van der Waals surface area contributed by atoms with Gasteiger partial charge in [-0.05, 0) is 134 Å². The van der Waals surface area contributed by atoms with E-state index in [-0.39, 0.29) is 80.8 Å². The van der Waals surface area contributed by atoms with Gasteiger partial charge in [0.15, 0.2) is 11.6 Å². The van der Waals surface area contributed by atoms with Crippen molar-refractivity contribution in [3.8, 4) is 12.1 Å². The maximum absolute atomic E-state index is 12.4. The number of aliphatic hydroxyl groups is 1. The van der Waals surface area contributed by atoms with Crippen LogP contribution < -0.4 is 5.32 Å². The average molecular weight is 1590 g/mol. The van der Waals surface area contributed by atoms with E-state index >= 15 is 0 Å². The van der Waals surface area contributed by atoms with E-state index in [0.717, 1.165) is 51.2 Å². The number of thiophene rings is 3. The van der Waals surface area contributed by atoms with E-state index in [0.29, 0.717) is 54.3 Å². The number of likely N-dealkylation sites (N-methyl/N-ethyl adjacent to an activating group) is 1. The van der Waals surface area contributed by atoms with Crippen LogP contribution >= 0.6 is 45.6 Å². The number of nitrogens with one attached hydrogen (secondary N) is 1. The molecule has 9 rings (SSSR count). The smallest absolute Gasteiger partial charge is 0.254 e. The van der Waals surface area contributed by atoms with Crippen molar-refractivity contribution in [1.29, 1.82) is 10.5 Å². The summed E-state index contributed by atoms with van der Waals surface area (Å²) in [6, 6.07) is 42.2. The zero-order chi connectivity index (χ0) is 84.1. The molecule has 0 spiro atoms. The second-order valence-electron chi connectivity index (χ2n) is 33.5. The van der Waals surface area contributed by atoms with Gasteiger partial charge in [0.2, 0.25) is 0 Å². The number of hydrogen-bond donors (Lipinski definition) is 2. The highest BCUT2D eigenvalue weighted by atomic mass is 35.5. The van der Waals surface area contributed by atoms with Crippen molar-refractivity contribution in [3.63, 3.8) is 0 Å². The molecule has 112 heavy (non-hydrogen) atoms. The number of aromatic nitrogens is 4. The number of pyridine rings is 4. The molecule has 0 aliphatic carbocycles. The first-order valence-electron chi connectivity index (χ1n) is 37.6. The molecule has 0 bridgehead atoms. The van der Waals surface area contributed by atoms with Gasteiger partial charge in [0, 0.05) is 120 Å². The lowest BCUT2D eigenvalue weighted by Crippen LogP contribution is -2.28. The fraction of sp³-hybridized carbons (Fsp3) is 0.429. The van der Waals surface area contributed by atoms with E-state index in [1.807, 2.05) is 172 Å². The number of nitrogens with zero attached hydrogens (tertiary/aromatic N) is 9. The summed E-state index contributed by atoms with van der Waals surface area (Å²) in [7, 11) is 5.48. The molecule has 598 valence electrons. The summed E-state index contributed by atoms with van der Waals surface area (Å²) >= 11 is 11.0. The molecule has 21 heteroatoms. The number of rotatable bonds is 19. The van der Waals surface area contributed by atoms with Gasteiger partial charge in [-0.1, -0.05) is 205 Å². The number of aliphatic hydroxyl groups excluding tert-OH is 1. The number of Topliss-reactive ketones (excluding diaryl/α,β-unsaturated/α-hetero) is 2. The Morgan fingerprint density at radius 2 is 0.929 bits per heavy atom. The summed E-state index contributed by atoms with van der Waals surface area (Å²) in [6.07, 6.45) is 10.6. The van der Waals surface area contributed by atoms with Gasteiger partial charge < -0.3 is 25.1 Å². The molecule has 0 fully saturated rings. The van der Waals surface area contributed by atoms with E-state index in [1.165, 1.54) is 20.2 Å². The monoisotopic (exact) mass is 1590 g/mol. The molecule has 0 aliphatic rings. The number of carbonyl (C=O) groups is 6. The summed E-state index contributed by atoms with van der Waals surface area (Å²) in [5.41, 5.74) is 10.5. The first kappa shape index (κ1) is 95.0. The lowest BCUT2D eigenvalue weighted by molar-refractivity contribution is 0.0777. The molecule has 4 amide bonds. The maximum Gasteiger partial charge on any atom is 0.254 e. The standard InChI is InChI=1S/C17H22N2OS.2C16H20N2OS.C15H19NO.C14H18N2O.C13H18ClNO2/c1-17(2,3)15-11-13(12-21-15)16(20)19(4)10-8-14-7-5-6-9-18-14;1-16(2,3)14-8-13(11-20-14)15(19)18(4)10-12-6-5-7-17-9-12;1-16(2,3)14-9-12(11-20-14)15(19)18(4)10-13-7-5-6-8-17-13;1-5-11(10-16)14(17)12-6-8-13(9-7-12)15(2,3)4;1-5-10(8-15)13(17)12-7-6-11(9-16-12)14(2,3)4;1-13(2,3)9-4-5-10(11(14)8-9)12(17)15-6-7-16/h5-7,9,11-12H,8,10H2,1-4H3;2*5-9,11H,10H2,1-4H3;6-9,11H,5H2,1-4H3;6-7,9-10H,5H2,1-4H3;4-5,8,16H,6-7H2,1-3H3,(H,15,17). The minimum Gasteiger partial charge on any atom is -0.395 e. The Labute approximate surface area is 684 Å². The van der Waals surface area contributed by atoms with Crippen LogP contribution in [0.2, 0.25) is 5.02 Å². The SMILES string of the molecule is CC(C)(C)c1ccc(C(=O)NCCO)c(Cl)c1.CCC(C#N)C(=O)c1ccc(C(C)(C)C)cc1.CCC(C#N)C(=O)c1ccc(C(C)(C)C)cn1.CN(CCc1ccccn1)C(=O)c1csc(C(C)(C)C)c1.CN(Cc1ccccn1)C(=O)c1csc(C(C)(C)C)c1.CN(Cc1cccnc1)C(=O)c1csc(C(C)(C)C)c1. The first-order chi connectivity index (χ1) is 52.3. The first-order valence-corrected chi connectivity index (χ1v) is 40.7. The van der Waals surface area contributed by atoms with Crippen LogP contribution in [0.3, 0.4) is 0 Å². The van der Waals surface area contributed by atoms with E-state index in [1.54, 1.807) is 91.8 Å². The Kier molecular flexibility index (Phi) is 36.9. The molecule has 0 aliphatic heterocycles. The van der Waals surface area contributed by atoms with Crippen LogP contribution in [-0.4, -0.2) is 116 Å². The Hall–Kier alpha value is -9.41. The zero-order valence-corrected chi connectivity index (χ0v) is 73.2. The molecule has 0 saturated heterocycles. The molecule has 2 unspecified atom stereocenters. The Morgan fingerprint density at radius 1 is 0.482 bits per heavy atom. The third-order valence-electron chi connectivity index (χ3n) is 17.6. The molecule has 2 atom stereocenters. The van der Waals surface area contributed by atoms with Gasteiger partial charge >= 0.3 is 0 Å². The minimum atomic E-state index is -0.581. The Bertz CT molecular complexity index is 4350. The summed E-state index contributed by atoms with van der Waals surface area (Å²) < 4.78 is 0. The average Bonchev–Trinajstić information content (AvgIpc) is 1.75. The number of hydrogen-bond acceptors (Lipinski definition) is 16. The molecule has 2 N–H and O–H groups in total. The van der Waals surface area contributed by atoms with Crippen LogP contribution in [0.25, 0.3) is 0 Å². The predicted molar refractivity (Wildman–Crippen MR) is 459 cm³/mol. The van der Waals surface area contributed by atoms with E-state index in [4.69, 9.17) is 27.2 Å². The van der Waals surface area contributed by atoms with E-state index < -0.39 is 11.8 Å². The van der Waals surface area contributed by atoms with Gasteiger partial charge in [0.1, 0.15) is 17.5 Å². The van der Waals surface area contributed by atoms with Gasteiger partial charge in [-0.2, -0.15) is 10.5 Å². The second kappa shape index (κ2) is 43.6. The molecule has 9 aromatic rings. The number of ketones is 2. The van der Waals surface area contributed by atoms with Crippen molar-refractivity contribution in [2.75, 3.05) is 40.8 Å². The van der Waals surface area contributed by atoms with Crippen LogP contribution in [-0.2, 0) is 52.0 Å². The summed E-state index contributed by atoms with van der Waals surface area (Å²) in [6.45, 7) is 44.0. The molecule has 7 aromatic heterocycles. The normalized spacial score (nSPS) is 11.8. The number of halogens is 1. The van der Waals surface area contributed by atoms with E-state index in [9.17, 15) is 28.8 Å². The summed E-state index contributed by atoms with van der Waals surface area (Å²) in [4.78, 5) is 98.4. The molecule has 7 heterocycles. The van der Waals surface area contributed by atoms with Crippen LogP contribution in [0.1, 0.15) is 262 Å². The maximum atomic E-state index is 12.4. The fourth-order valence-corrected chi connectivity index (χ4v) is 13.5. The highest BCUT2D eigenvalue weighted by molar-refractivity contribution is 7.11. The van der Waals surface area contributed by atoms with Crippen molar-refractivity contribution in [3.05, 3.63) is 255 Å². The number of nitriles is 2. The van der Waals surface area contributed by atoms with Crippen LogP contribution in [0.4, 0.5) is 0 Å². The number of amides is 4. The summed E-state index contributed by atoms with van der Waals surface area (Å²) in [5, 5.41) is 35.2. The number of carbonyl (C=O) groups excluding carboxylic acids is 6. The quantitative estimate of drug-likeness (QED) is 0.0716. The van der Waals surface area contributed by atoms with Crippen molar-refractivity contribution < 1.29 is 33.9 Å². The van der Waals surface area contributed by atoms with E-state index in [2.05, 4.69) is 150 Å². The minimum absolute atomic E-state index is 0.00372. The highest BCUT2D eigenvalue weighted by Crippen LogP contribution is 2.33. The molecular formula is C91H117ClN10O7S3. The molecule has 0 radical (unpaired) electrons. The van der Waals surface area contributed by atoms with Gasteiger partial charge in [-0.25, -0.2) is 0 Å². The van der Waals surface area contributed by atoms with Gasteiger partial charge in [-0.15, -0.1) is 34.0 Å². The molecule has 17 nitrogen and oxygen atoms in total. The fourth-order valence-electron chi connectivity index (χ4n) is 10.4. The molecule has 0 saturated carbocycles. The third kappa shape index (κ3) is 30.9. The predicted octanol–water partition coefficient (Wildman–Crippen LogP) is 20.4. The largest absolute Gasteiger partial charge is 0.395 e. The molecule has 2 aromatic carbocycles. The van der Waals surface area contributed by atoms with Gasteiger partial charge in [-0.3, -0.25) is 48.7 Å². The van der Waals surface area contributed by atoms with Crippen LogP contribution in [0.5, 0.6) is 0 Å². The number of benzene rings is 2. The second-order valence-corrected chi connectivity index (χ2v) is 36.6. The topological polar surface area (TPSA) is 244 Å². The summed E-state index contributed by atoms with van der Waals surface area (Å²) in [5.74, 6) is -1.44. The zero-order valence-electron chi connectivity index (χ0n) is 70.0. The Morgan fingerprint density at radius 3 is 1.31 bits per heavy atom. The lowest BCUT2D eigenvalue weighted by Gasteiger charge is -2.19. The van der Waals surface area contributed by atoms with Crippen LogP contribution in [0.15, 0.2) is 168 Å². The van der Waals surface area contributed by atoms with Gasteiger partial charge in [0.25, 0.3) is 23.6 Å². The van der Waals surface area contributed by atoms with Gasteiger partial charge in [0.05, 0.1) is 58.3 Å². The lowest BCUT2D eigenvalue weighted by atomic mass is 9.86. The molecular weight excluding hydrogens is 1480 g/mol. The van der Waals surface area contributed by atoms with Crippen molar-refractivity contribution >= 4 is 80.8 Å². The van der Waals surface area contributed by atoms with Crippen molar-refractivity contribution in [1.82, 2.24) is 40.0 Å².